The van der Waals surface area contributed by atoms with Gasteiger partial charge in [-0.2, -0.15) is 0 Å². The second-order valence-electron chi connectivity index (χ2n) is 3.93. The van der Waals surface area contributed by atoms with Crippen molar-refractivity contribution in [3.05, 3.63) is 53.3 Å². The van der Waals surface area contributed by atoms with Crippen molar-refractivity contribution in [2.24, 2.45) is 0 Å². The topological polar surface area (TPSA) is 38.0 Å². The van der Waals surface area contributed by atoms with E-state index in [1.807, 2.05) is 41.2 Å². The van der Waals surface area contributed by atoms with Crippen molar-refractivity contribution >= 4 is 21.6 Å². The molecular formula is C13H12N2OS. The number of aliphatic hydroxyl groups is 1. The minimum absolute atomic E-state index is 0.0901. The highest BCUT2D eigenvalue weighted by molar-refractivity contribution is 7.18. The Morgan fingerprint density at radius 2 is 2.12 bits per heavy atom. The number of aliphatic hydroxyl groups excluding tert-OH is 1. The zero-order chi connectivity index (χ0) is 11.7. The number of rotatable bonds is 3. The molecule has 2 heterocycles. The summed E-state index contributed by atoms with van der Waals surface area (Å²) in [5.41, 5.74) is 1.99. The second-order valence-corrected chi connectivity index (χ2v) is 5.04. The minimum Gasteiger partial charge on any atom is -0.392 e. The van der Waals surface area contributed by atoms with E-state index in [1.165, 1.54) is 4.70 Å². The van der Waals surface area contributed by atoms with Crippen molar-refractivity contribution in [1.29, 1.82) is 0 Å². The third-order valence-electron chi connectivity index (χ3n) is 2.65. The van der Waals surface area contributed by atoms with Gasteiger partial charge in [-0.15, -0.1) is 11.3 Å². The highest BCUT2D eigenvalue weighted by atomic mass is 32.1. The van der Waals surface area contributed by atoms with Crippen LogP contribution in [0.15, 0.2) is 42.7 Å². The predicted molar refractivity (Wildman–Crippen MR) is 69.1 cm³/mol. The number of hydrogen-bond acceptors (Lipinski definition) is 3. The summed E-state index contributed by atoms with van der Waals surface area (Å²) in [6.07, 6.45) is 3.92. The Bertz CT molecular complexity index is 608. The van der Waals surface area contributed by atoms with Gasteiger partial charge in [0.25, 0.3) is 0 Å². The molecule has 86 valence electrons. The highest BCUT2D eigenvalue weighted by Crippen LogP contribution is 2.22. The van der Waals surface area contributed by atoms with E-state index in [1.54, 1.807) is 11.3 Å². The van der Waals surface area contributed by atoms with Crippen LogP contribution in [-0.2, 0) is 13.2 Å². The number of aromatic nitrogens is 2. The zero-order valence-corrected chi connectivity index (χ0v) is 10.0. The first-order valence-corrected chi connectivity index (χ1v) is 6.27. The summed E-state index contributed by atoms with van der Waals surface area (Å²) in [6.45, 7) is 0.853. The number of benzene rings is 1. The molecule has 0 unspecified atom stereocenters. The maximum atomic E-state index is 9.01. The lowest BCUT2D eigenvalue weighted by Gasteiger charge is -1.97. The second kappa shape index (κ2) is 4.31. The molecule has 3 nitrogen and oxygen atoms in total. The van der Waals surface area contributed by atoms with Crippen molar-refractivity contribution in [2.75, 3.05) is 0 Å². The van der Waals surface area contributed by atoms with Crippen LogP contribution in [0.1, 0.15) is 10.6 Å². The number of para-hydroxylation sites is 1. The molecule has 0 aliphatic carbocycles. The fourth-order valence-electron chi connectivity index (χ4n) is 1.83. The van der Waals surface area contributed by atoms with Crippen molar-refractivity contribution < 1.29 is 5.11 Å². The maximum Gasteiger partial charge on any atom is 0.114 e. The van der Waals surface area contributed by atoms with Gasteiger partial charge >= 0.3 is 0 Å². The van der Waals surface area contributed by atoms with Gasteiger partial charge in [-0.1, -0.05) is 12.1 Å². The van der Waals surface area contributed by atoms with Crippen LogP contribution >= 0.6 is 11.3 Å². The van der Waals surface area contributed by atoms with Crippen molar-refractivity contribution in [2.45, 2.75) is 13.2 Å². The fourth-order valence-corrected chi connectivity index (χ4v) is 2.80. The largest absolute Gasteiger partial charge is 0.392 e. The number of nitrogens with zero attached hydrogens (tertiary/aromatic N) is 2. The monoisotopic (exact) mass is 244 g/mol. The van der Waals surface area contributed by atoms with E-state index in [0.29, 0.717) is 0 Å². The van der Waals surface area contributed by atoms with Crippen LogP contribution in [0, 0.1) is 0 Å². The maximum absolute atomic E-state index is 9.01. The molecule has 0 fully saturated rings. The van der Waals surface area contributed by atoms with Gasteiger partial charge in [0.15, 0.2) is 0 Å². The molecule has 0 amide bonds. The normalized spacial score (nSPS) is 11.1. The molecule has 17 heavy (non-hydrogen) atoms. The van der Waals surface area contributed by atoms with Crippen LogP contribution in [0.3, 0.4) is 0 Å². The van der Waals surface area contributed by atoms with E-state index in [-0.39, 0.29) is 6.61 Å². The Hall–Kier alpha value is -1.65. The van der Waals surface area contributed by atoms with Gasteiger partial charge in [-0.3, -0.25) is 0 Å². The van der Waals surface area contributed by atoms with E-state index in [0.717, 1.165) is 22.6 Å². The lowest BCUT2D eigenvalue weighted by Crippen LogP contribution is -1.95. The summed E-state index contributed by atoms with van der Waals surface area (Å²) in [5, 5.41) is 10.1. The zero-order valence-electron chi connectivity index (χ0n) is 9.21. The van der Waals surface area contributed by atoms with Crippen LogP contribution in [0.2, 0.25) is 0 Å². The van der Waals surface area contributed by atoms with Gasteiger partial charge in [0.05, 0.1) is 23.4 Å². The van der Waals surface area contributed by atoms with Gasteiger partial charge in [0.2, 0.25) is 0 Å². The number of fused-ring (bicyclic) bond motifs is 1. The number of hydrogen-bond donors (Lipinski definition) is 1. The lowest BCUT2D eigenvalue weighted by atomic mass is 10.3. The summed E-state index contributed by atoms with van der Waals surface area (Å²) in [5.74, 6) is 0. The molecule has 2 aromatic heterocycles. The van der Waals surface area contributed by atoms with Gasteiger partial charge in [0.1, 0.15) is 5.01 Å². The SMILES string of the molecule is OCc1ccn(Cc2nc3ccccc3s2)c1. The molecule has 1 aromatic carbocycles. The van der Waals surface area contributed by atoms with Gasteiger partial charge in [-0.25, -0.2) is 4.98 Å². The molecule has 0 aliphatic heterocycles. The Morgan fingerprint density at radius 1 is 1.24 bits per heavy atom. The molecule has 0 spiro atoms. The molecule has 4 heteroatoms. The minimum atomic E-state index is 0.0901. The van der Waals surface area contributed by atoms with Crippen LogP contribution in [0.4, 0.5) is 0 Å². The summed E-state index contributed by atoms with van der Waals surface area (Å²) >= 11 is 1.71. The smallest absolute Gasteiger partial charge is 0.114 e. The van der Waals surface area contributed by atoms with E-state index in [2.05, 4.69) is 11.1 Å². The Kier molecular flexibility index (Phi) is 2.66. The van der Waals surface area contributed by atoms with E-state index in [9.17, 15) is 0 Å². The van der Waals surface area contributed by atoms with Crippen molar-refractivity contribution in [3.63, 3.8) is 0 Å². The standard InChI is InChI=1S/C13H12N2OS/c16-9-10-5-6-15(7-10)8-13-14-11-3-1-2-4-12(11)17-13/h1-7,16H,8-9H2. The van der Waals surface area contributed by atoms with Crippen LogP contribution < -0.4 is 0 Å². The quantitative estimate of drug-likeness (QED) is 0.769. The Balaban J connectivity index is 1.89. The molecule has 0 aliphatic rings. The van der Waals surface area contributed by atoms with Gasteiger partial charge < -0.3 is 9.67 Å². The molecule has 0 bridgehead atoms. The van der Waals surface area contributed by atoms with Crippen molar-refractivity contribution in [3.8, 4) is 0 Å². The molecule has 3 aromatic rings. The Morgan fingerprint density at radius 3 is 2.88 bits per heavy atom. The van der Waals surface area contributed by atoms with E-state index in [4.69, 9.17) is 5.11 Å². The molecule has 0 radical (unpaired) electrons. The Labute approximate surface area is 103 Å². The molecule has 1 N–H and O–H groups in total. The molecule has 3 rings (SSSR count). The van der Waals surface area contributed by atoms with Crippen LogP contribution in [0.5, 0.6) is 0 Å². The predicted octanol–water partition coefficient (Wildman–Crippen LogP) is 2.64. The molecular weight excluding hydrogens is 232 g/mol. The van der Waals surface area contributed by atoms with Crippen LogP contribution in [-0.4, -0.2) is 14.7 Å². The first kappa shape index (κ1) is 10.5. The highest BCUT2D eigenvalue weighted by Gasteiger charge is 2.04. The summed E-state index contributed by atoms with van der Waals surface area (Å²) in [4.78, 5) is 4.58. The van der Waals surface area contributed by atoms with E-state index >= 15 is 0 Å². The molecule has 0 saturated heterocycles. The summed E-state index contributed by atoms with van der Waals surface area (Å²) < 4.78 is 3.26. The third kappa shape index (κ3) is 2.09. The average Bonchev–Trinajstić information content (AvgIpc) is 2.94. The summed E-state index contributed by atoms with van der Waals surface area (Å²) in [7, 11) is 0. The fraction of sp³-hybridized carbons (Fsp3) is 0.154. The van der Waals surface area contributed by atoms with Gasteiger partial charge in [0, 0.05) is 12.4 Å². The summed E-state index contributed by atoms with van der Waals surface area (Å²) in [6, 6.07) is 10.1. The first-order valence-electron chi connectivity index (χ1n) is 5.45. The van der Waals surface area contributed by atoms with E-state index < -0.39 is 0 Å². The molecule has 0 atom stereocenters. The first-order chi connectivity index (χ1) is 8.35. The lowest BCUT2D eigenvalue weighted by molar-refractivity contribution is 0.282. The van der Waals surface area contributed by atoms with Crippen molar-refractivity contribution in [1.82, 2.24) is 9.55 Å². The molecule has 0 saturated carbocycles. The average molecular weight is 244 g/mol. The number of thiazole rings is 1. The van der Waals surface area contributed by atoms with Crippen LogP contribution in [0.25, 0.3) is 10.2 Å². The third-order valence-corrected chi connectivity index (χ3v) is 3.67. The van der Waals surface area contributed by atoms with Gasteiger partial charge in [-0.05, 0) is 23.8 Å².